The van der Waals surface area contributed by atoms with Crippen molar-refractivity contribution in [3.05, 3.63) is 40.4 Å². The molecule has 0 saturated heterocycles. The average molecular weight is 319 g/mol. The molecular weight excluding hydrogens is 302 g/mol. The van der Waals surface area contributed by atoms with Crippen LogP contribution in [0, 0.1) is 6.92 Å². The standard InChI is InChI=1S/C15H17N3OS2/c1-10-4-2-3-5-12(10)8-16-13(19)9-20-15-18-17-14(21-15)11-6-7-11/h2-5,11H,6-9H2,1H3,(H,16,19). The Kier molecular flexibility index (Phi) is 4.55. The lowest BCUT2D eigenvalue weighted by atomic mass is 10.1. The lowest BCUT2D eigenvalue weighted by Crippen LogP contribution is -2.24. The summed E-state index contributed by atoms with van der Waals surface area (Å²) in [6, 6.07) is 8.08. The highest BCUT2D eigenvalue weighted by atomic mass is 32.2. The van der Waals surface area contributed by atoms with Gasteiger partial charge < -0.3 is 5.32 Å². The number of carbonyl (C=O) groups excluding carboxylic acids is 1. The second kappa shape index (κ2) is 6.58. The fraction of sp³-hybridized carbons (Fsp3) is 0.400. The number of hydrogen-bond donors (Lipinski definition) is 1. The van der Waals surface area contributed by atoms with Gasteiger partial charge in [-0.05, 0) is 30.9 Å². The van der Waals surface area contributed by atoms with Crippen LogP contribution in [0.5, 0.6) is 0 Å². The average Bonchev–Trinajstić information content (AvgIpc) is 3.23. The second-order valence-electron chi connectivity index (χ2n) is 5.17. The van der Waals surface area contributed by atoms with Gasteiger partial charge in [0.2, 0.25) is 5.91 Å². The molecule has 110 valence electrons. The molecule has 0 atom stereocenters. The first-order chi connectivity index (χ1) is 10.2. The topological polar surface area (TPSA) is 54.9 Å². The molecule has 1 fully saturated rings. The summed E-state index contributed by atoms with van der Waals surface area (Å²) in [7, 11) is 0. The summed E-state index contributed by atoms with van der Waals surface area (Å²) in [6.07, 6.45) is 2.46. The largest absolute Gasteiger partial charge is 0.351 e. The third-order valence-electron chi connectivity index (χ3n) is 3.41. The van der Waals surface area contributed by atoms with Crippen LogP contribution in [0.4, 0.5) is 0 Å². The Labute approximate surface area is 132 Å². The van der Waals surface area contributed by atoms with Crippen molar-refractivity contribution in [3.63, 3.8) is 0 Å². The van der Waals surface area contributed by atoms with Crippen LogP contribution >= 0.6 is 23.1 Å². The van der Waals surface area contributed by atoms with Crippen LogP contribution in [0.25, 0.3) is 0 Å². The molecule has 3 rings (SSSR count). The van der Waals surface area contributed by atoms with Gasteiger partial charge in [0, 0.05) is 12.5 Å². The molecule has 1 aliphatic rings. The molecule has 1 aromatic carbocycles. The van der Waals surface area contributed by atoms with Crippen LogP contribution in [0.15, 0.2) is 28.6 Å². The molecule has 1 amide bonds. The van der Waals surface area contributed by atoms with E-state index in [1.807, 2.05) is 18.2 Å². The van der Waals surface area contributed by atoms with Crippen molar-refractivity contribution in [1.29, 1.82) is 0 Å². The maximum Gasteiger partial charge on any atom is 0.230 e. The number of aromatic nitrogens is 2. The van der Waals surface area contributed by atoms with Gasteiger partial charge in [0.05, 0.1) is 5.75 Å². The Balaban J connectivity index is 1.44. The van der Waals surface area contributed by atoms with E-state index in [2.05, 4.69) is 28.5 Å². The zero-order valence-corrected chi connectivity index (χ0v) is 13.5. The molecule has 6 heteroatoms. The number of benzene rings is 1. The molecule has 1 heterocycles. The molecule has 1 N–H and O–H groups in total. The minimum Gasteiger partial charge on any atom is -0.351 e. The van der Waals surface area contributed by atoms with E-state index in [-0.39, 0.29) is 5.91 Å². The van der Waals surface area contributed by atoms with Crippen molar-refractivity contribution in [2.24, 2.45) is 0 Å². The Bertz CT molecular complexity index is 637. The first kappa shape index (κ1) is 14.5. The second-order valence-corrected chi connectivity index (χ2v) is 7.40. The first-order valence-corrected chi connectivity index (χ1v) is 8.80. The number of nitrogens with zero attached hydrogens (tertiary/aromatic N) is 2. The van der Waals surface area contributed by atoms with Crippen molar-refractivity contribution < 1.29 is 4.79 Å². The number of thioether (sulfide) groups is 1. The lowest BCUT2D eigenvalue weighted by molar-refractivity contribution is -0.118. The predicted molar refractivity (Wildman–Crippen MR) is 85.6 cm³/mol. The van der Waals surface area contributed by atoms with Crippen LogP contribution in [0.1, 0.15) is 34.9 Å². The van der Waals surface area contributed by atoms with Crippen LogP contribution in [-0.2, 0) is 11.3 Å². The van der Waals surface area contributed by atoms with E-state index in [1.54, 1.807) is 11.3 Å². The van der Waals surface area contributed by atoms with E-state index in [1.165, 1.54) is 30.2 Å². The highest BCUT2D eigenvalue weighted by molar-refractivity contribution is 8.01. The Hall–Kier alpha value is -1.40. The van der Waals surface area contributed by atoms with Gasteiger partial charge in [0.1, 0.15) is 5.01 Å². The predicted octanol–water partition coefficient (Wildman–Crippen LogP) is 3.13. The molecule has 1 saturated carbocycles. The van der Waals surface area contributed by atoms with Gasteiger partial charge in [-0.2, -0.15) is 0 Å². The monoisotopic (exact) mass is 319 g/mol. The van der Waals surface area contributed by atoms with Gasteiger partial charge in [-0.25, -0.2) is 0 Å². The summed E-state index contributed by atoms with van der Waals surface area (Å²) < 4.78 is 0.892. The molecule has 0 bridgehead atoms. The summed E-state index contributed by atoms with van der Waals surface area (Å²) in [5, 5.41) is 12.4. The normalized spacial score (nSPS) is 14.1. The molecule has 0 unspecified atom stereocenters. The molecule has 0 spiro atoms. The minimum atomic E-state index is 0.0337. The Morgan fingerprint density at radius 3 is 2.95 bits per heavy atom. The third kappa shape index (κ3) is 4.04. The third-order valence-corrected chi connectivity index (χ3v) is 5.63. The van der Waals surface area contributed by atoms with Gasteiger partial charge >= 0.3 is 0 Å². The smallest absolute Gasteiger partial charge is 0.230 e. The zero-order chi connectivity index (χ0) is 14.7. The maximum absolute atomic E-state index is 11.9. The SMILES string of the molecule is Cc1ccccc1CNC(=O)CSc1nnc(C2CC2)s1. The quantitative estimate of drug-likeness (QED) is 0.831. The van der Waals surface area contributed by atoms with Crippen LogP contribution in [-0.4, -0.2) is 21.9 Å². The summed E-state index contributed by atoms with van der Waals surface area (Å²) in [6.45, 7) is 2.63. The molecule has 4 nitrogen and oxygen atoms in total. The van der Waals surface area contributed by atoms with E-state index in [9.17, 15) is 4.79 Å². The summed E-state index contributed by atoms with van der Waals surface area (Å²) in [5.41, 5.74) is 2.35. The highest BCUT2D eigenvalue weighted by Crippen LogP contribution is 2.42. The Morgan fingerprint density at radius 2 is 2.19 bits per heavy atom. The van der Waals surface area contributed by atoms with Gasteiger partial charge in [-0.3, -0.25) is 4.79 Å². The van der Waals surface area contributed by atoms with Crippen molar-refractivity contribution in [1.82, 2.24) is 15.5 Å². The van der Waals surface area contributed by atoms with Gasteiger partial charge in [0.25, 0.3) is 0 Å². The number of amides is 1. The maximum atomic E-state index is 11.9. The molecule has 0 aliphatic heterocycles. The van der Waals surface area contributed by atoms with Gasteiger partial charge in [-0.15, -0.1) is 10.2 Å². The van der Waals surface area contributed by atoms with Crippen LogP contribution in [0.3, 0.4) is 0 Å². The first-order valence-electron chi connectivity index (χ1n) is 7.00. The highest BCUT2D eigenvalue weighted by Gasteiger charge is 2.27. The van der Waals surface area contributed by atoms with Crippen molar-refractivity contribution in [2.45, 2.75) is 36.6 Å². The molecule has 1 aliphatic carbocycles. The van der Waals surface area contributed by atoms with E-state index in [4.69, 9.17) is 0 Å². The van der Waals surface area contributed by atoms with E-state index >= 15 is 0 Å². The summed E-state index contributed by atoms with van der Waals surface area (Å²) in [5.74, 6) is 1.06. The van der Waals surface area contributed by atoms with Crippen LogP contribution in [0.2, 0.25) is 0 Å². The summed E-state index contributed by atoms with van der Waals surface area (Å²) >= 11 is 3.09. The van der Waals surface area contributed by atoms with E-state index < -0.39 is 0 Å². The molecular formula is C15H17N3OS2. The van der Waals surface area contributed by atoms with Gasteiger partial charge in [-0.1, -0.05) is 47.4 Å². The van der Waals surface area contributed by atoms with E-state index in [0.717, 1.165) is 14.9 Å². The number of carbonyl (C=O) groups is 1. The minimum absolute atomic E-state index is 0.0337. The molecule has 1 aromatic heterocycles. The lowest BCUT2D eigenvalue weighted by Gasteiger charge is -2.07. The zero-order valence-electron chi connectivity index (χ0n) is 11.8. The number of hydrogen-bond acceptors (Lipinski definition) is 5. The van der Waals surface area contributed by atoms with Crippen LogP contribution < -0.4 is 5.32 Å². The summed E-state index contributed by atoms with van der Waals surface area (Å²) in [4.78, 5) is 11.9. The Morgan fingerprint density at radius 1 is 1.38 bits per heavy atom. The van der Waals surface area contributed by atoms with E-state index in [0.29, 0.717) is 18.2 Å². The number of nitrogens with one attached hydrogen (secondary N) is 1. The molecule has 0 radical (unpaired) electrons. The number of aryl methyl sites for hydroxylation is 1. The fourth-order valence-electron chi connectivity index (χ4n) is 1.95. The van der Waals surface area contributed by atoms with Crippen molar-refractivity contribution in [3.8, 4) is 0 Å². The number of rotatable bonds is 6. The molecule has 2 aromatic rings. The molecule has 21 heavy (non-hydrogen) atoms. The van der Waals surface area contributed by atoms with Crippen molar-refractivity contribution in [2.75, 3.05) is 5.75 Å². The van der Waals surface area contributed by atoms with Gasteiger partial charge in [0.15, 0.2) is 4.34 Å². The fourth-order valence-corrected chi connectivity index (χ4v) is 3.82. The van der Waals surface area contributed by atoms with Crippen molar-refractivity contribution >= 4 is 29.0 Å².